The van der Waals surface area contributed by atoms with Gasteiger partial charge in [0, 0.05) is 17.1 Å². The molecule has 25 heavy (non-hydrogen) atoms. The molecule has 1 aromatic carbocycles. The van der Waals surface area contributed by atoms with E-state index < -0.39 is 5.97 Å². The summed E-state index contributed by atoms with van der Waals surface area (Å²) in [7, 11) is 0. The first-order valence-electron chi connectivity index (χ1n) is 7.56. The number of carboxylic acid groups (broad SMARTS) is 1. The molecular formula is C18H16N2O4S. The predicted octanol–water partition coefficient (Wildman–Crippen LogP) is 3.42. The molecule has 1 aliphatic rings. The Labute approximate surface area is 148 Å². The van der Waals surface area contributed by atoms with Crippen molar-refractivity contribution in [3.8, 4) is 5.69 Å². The van der Waals surface area contributed by atoms with Crippen molar-refractivity contribution in [2.45, 2.75) is 20.8 Å². The van der Waals surface area contributed by atoms with E-state index in [0.717, 1.165) is 40.0 Å². The normalized spacial score (nSPS) is 15.7. The number of amides is 2. The highest BCUT2D eigenvalue weighted by molar-refractivity contribution is 8.18. The zero-order chi connectivity index (χ0) is 18.3. The van der Waals surface area contributed by atoms with Gasteiger partial charge in [-0.05, 0) is 74.0 Å². The van der Waals surface area contributed by atoms with Gasteiger partial charge in [0.1, 0.15) is 0 Å². The molecule has 128 valence electrons. The number of rotatable bonds is 3. The lowest BCUT2D eigenvalue weighted by Crippen LogP contribution is -2.17. The van der Waals surface area contributed by atoms with Gasteiger partial charge in [0.05, 0.1) is 10.5 Å². The second-order valence-electron chi connectivity index (χ2n) is 5.82. The summed E-state index contributed by atoms with van der Waals surface area (Å²) in [6, 6.07) is 6.91. The lowest BCUT2D eigenvalue weighted by atomic mass is 10.1. The SMILES string of the molecule is Cc1cc(C(=O)O)ccc1-n1c(C)cc(/C=C2\SC(=O)NC2=O)c1C. The average Bonchev–Trinajstić information content (AvgIpc) is 2.99. The number of carbonyl (C=O) groups excluding carboxylic acids is 2. The third kappa shape index (κ3) is 3.10. The smallest absolute Gasteiger partial charge is 0.335 e. The monoisotopic (exact) mass is 356 g/mol. The van der Waals surface area contributed by atoms with Gasteiger partial charge in [-0.25, -0.2) is 4.79 Å². The second kappa shape index (κ2) is 6.25. The van der Waals surface area contributed by atoms with Gasteiger partial charge in [0.15, 0.2) is 0 Å². The van der Waals surface area contributed by atoms with Crippen LogP contribution < -0.4 is 5.32 Å². The van der Waals surface area contributed by atoms with E-state index in [9.17, 15) is 14.4 Å². The number of nitrogens with one attached hydrogen (secondary N) is 1. The zero-order valence-electron chi connectivity index (χ0n) is 13.9. The van der Waals surface area contributed by atoms with Gasteiger partial charge in [0.2, 0.25) is 0 Å². The van der Waals surface area contributed by atoms with Gasteiger partial charge in [0.25, 0.3) is 11.1 Å². The largest absolute Gasteiger partial charge is 0.478 e. The average molecular weight is 356 g/mol. The Kier molecular flexibility index (Phi) is 4.26. The van der Waals surface area contributed by atoms with E-state index in [1.165, 1.54) is 0 Å². The number of thioether (sulfide) groups is 1. The molecule has 0 bridgehead atoms. The van der Waals surface area contributed by atoms with Crippen LogP contribution in [0.1, 0.15) is 32.9 Å². The Morgan fingerprint density at radius 2 is 1.92 bits per heavy atom. The van der Waals surface area contributed by atoms with Gasteiger partial charge in [-0.1, -0.05) is 0 Å². The van der Waals surface area contributed by atoms with Crippen LogP contribution in [0.25, 0.3) is 11.8 Å². The highest BCUT2D eigenvalue weighted by Crippen LogP contribution is 2.30. The van der Waals surface area contributed by atoms with Gasteiger partial charge < -0.3 is 9.67 Å². The van der Waals surface area contributed by atoms with E-state index in [2.05, 4.69) is 5.32 Å². The van der Waals surface area contributed by atoms with Crippen molar-refractivity contribution in [3.63, 3.8) is 0 Å². The Morgan fingerprint density at radius 3 is 2.48 bits per heavy atom. The maximum Gasteiger partial charge on any atom is 0.335 e. The van der Waals surface area contributed by atoms with E-state index in [4.69, 9.17) is 5.11 Å². The molecule has 0 atom stereocenters. The summed E-state index contributed by atoms with van der Waals surface area (Å²) in [5, 5.41) is 11.0. The van der Waals surface area contributed by atoms with Crippen LogP contribution in [0.5, 0.6) is 0 Å². The molecule has 2 heterocycles. The Morgan fingerprint density at radius 1 is 1.20 bits per heavy atom. The van der Waals surface area contributed by atoms with Crippen LogP contribution in [0.3, 0.4) is 0 Å². The summed E-state index contributed by atoms with van der Waals surface area (Å²) >= 11 is 0.883. The number of imide groups is 1. The summed E-state index contributed by atoms with van der Waals surface area (Å²) < 4.78 is 2.01. The van der Waals surface area contributed by atoms with Gasteiger partial charge in [-0.3, -0.25) is 14.9 Å². The number of aryl methyl sites for hydroxylation is 2. The molecule has 0 aliphatic carbocycles. The van der Waals surface area contributed by atoms with E-state index >= 15 is 0 Å². The van der Waals surface area contributed by atoms with Crippen molar-refractivity contribution >= 4 is 35.0 Å². The summed E-state index contributed by atoms with van der Waals surface area (Å²) in [5.74, 6) is -1.35. The molecule has 3 rings (SSSR count). The molecule has 0 unspecified atom stereocenters. The van der Waals surface area contributed by atoms with Crippen molar-refractivity contribution < 1.29 is 19.5 Å². The molecule has 1 saturated heterocycles. The van der Waals surface area contributed by atoms with Crippen molar-refractivity contribution in [2.24, 2.45) is 0 Å². The van der Waals surface area contributed by atoms with E-state index in [-0.39, 0.29) is 16.7 Å². The molecule has 1 fully saturated rings. The fourth-order valence-electron chi connectivity index (χ4n) is 2.91. The Balaban J connectivity index is 2.07. The highest BCUT2D eigenvalue weighted by Gasteiger charge is 2.25. The first-order valence-corrected chi connectivity index (χ1v) is 8.37. The maximum atomic E-state index is 11.7. The molecule has 2 amide bonds. The number of aromatic carboxylic acids is 1. The molecule has 2 aromatic rings. The standard InChI is InChI=1S/C18H16N2O4S/c1-9-6-12(17(22)23)4-5-14(9)20-10(2)7-13(11(20)3)8-15-16(21)19-18(24)25-15/h4-8H,1-3H3,(H,22,23)(H,19,21,24)/b15-8-. The molecule has 0 spiro atoms. The van der Waals surface area contributed by atoms with E-state index in [0.29, 0.717) is 4.91 Å². The van der Waals surface area contributed by atoms with Crippen molar-refractivity contribution in [2.75, 3.05) is 0 Å². The summed E-state index contributed by atoms with van der Waals surface area (Å²) in [4.78, 5) is 34.5. The maximum absolute atomic E-state index is 11.7. The minimum Gasteiger partial charge on any atom is -0.478 e. The van der Waals surface area contributed by atoms with E-state index in [1.807, 2.05) is 31.4 Å². The van der Waals surface area contributed by atoms with Gasteiger partial charge in [-0.2, -0.15) is 0 Å². The minimum atomic E-state index is -0.963. The molecule has 7 heteroatoms. The highest BCUT2D eigenvalue weighted by atomic mass is 32.2. The number of hydrogen-bond acceptors (Lipinski definition) is 4. The second-order valence-corrected chi connectivity index (χ2v) is 6.84. The number of hydrogen-bond donors (Lipinski definition) is 2. The van der Waals surface area contributed by atoms with Crippen LogP contribution in [0.2, 0.25) is 0 Å². The van der Waals surface area contributed by atoms with Crippen molar-refractivity contribution in [1.29, 1.82) is 0 Å². The van der Waals surface area contributed by atoms with E-state index in [1.54, 1.807) is 24.3 Å². The first-order chi connectivity index (χ1) is 11.8. The van der Waals surface area contributed by atoms with Crippen molar-refractivity contribution in [1.82, 2.24) is 9.88 Å². The Bertz CT molecular complexity index is 956. The molecular weight excluding hydrogens is 340 g/mol. The van der Waals surface area contributed by atoms with Crippen LogP contribution in [0, 0.1) is 20.8 Å². The number of carboxylic acids is 1. The molecule has 0 saturated carbocycles. The third-order valence-electron chi connectivity index (χ3n) is 4.08. The Hall–Kier alpha value is -2.80. The lowest BCUT2D eigenvalue weighted by molar-refractivity contribution is -0.115. The van der Waals surface area contributed by atoms with Crippen LogP contribution in [-0.4, -0.2) is 26.8 Å². The number of carbonyl (C=O) groups is 3. The van der Waals surface area contributed by atoms with Crippen LogP contribution >= 0.6 is 11.8 Å². The molecule has 6 nitrogen and oxygen atoms in total. The summed E-state index contributed by atoms with van der Waals surface area (Å²) in [6.45, 7) is 5.72. The number of nitrogens with zero attached hydrogens (tertiary/aromatic N) is 1. The molecule has 0 radical (unpaired) electrons. The topological polar surface area (TPSA) is 88.4 Å². The van der Waals surface area contributed by atoms with Crippen LogP contribution in [0.15, 0.2) is 29.2 Å². The van der Waals surface area contributed by atoms with Crippen molar-refractivity contribution in [3.05, 3.63) is 57.2 Å². The quantitative estimate of drug-likeness (QED) is 0.823. The third-order valence-corrected chi connectivity index (χ3v) is 4.89. The van der Waals surface area contributed by atoms with Crippen LogP contribution in [-0.2, 0) is 4.79 Å². The fourth-order valence-corrected chi connectivity index (χ4v) is 3.58. The predicted molar refractivity (Wildman–Crippen MR) is 96.0 cm³/mol. The summed E-state index contributed by atoms with van der Waals surface area (Å²) in [5.41, 5.74) is 4.65. The zero-order valence-corrected chi connectivity index (χ0v) is 14.7. The summed E-state index contributed by atoms with van der Waals surface area (Å²) in [6.07, 6.45) is 1.70. The van der Waals surface area contributed by atoms with Gasteiger partial charge >= 0.3 is 5.97 Å². The van der Waals surface area contributed by atoms with Crippen LogP contribution in [0.4, 0.5) is 4.79 Å². The van der Waals surface area contributed by atoms with Gasteiger partial charge in [-0.15, -0.1) is 0 Å². The first kappa shape index (κ1) is 17.0. The number of aromatic nitrogens is 1. The molecule has 1 aromatic heterocycles. The fraction of sp³-hybridized carbons (Fsp3) is 0.167. The number of benzene rings is 1. The molecule has 1 aliphatic heterocycles. The minimum absolute atomic E-state index is 0.239. The molecule has 2 N–H and O–H groups in total. The lowest BCUT2D eigenvalue weighted by Gasteiger charge is -2.13.